The second-order valence-corrected chi connectivity index (χ2v) is 8.49. The maximum Gasteiger partial charge on any atom is 0.0252 e. The van der Waals surface area contributed by atoms with Crippen molar-refractivity contribution < 1.29 is 0 Å². The average molecular weight is 297 g/mol. The molecule has 1 saturated carbocycles. The summed E-state index contributed by atoms with van der Waals surface area (Å²) in [7, 11) is 0. The van der Waals surface area contributed by atoms with Crippen LogP contribution in [0.15, 0.2) is 0 Å². The lowest BCUT2D eigenvalue weighted by atomic mass is 9.69. The molecule has 1 aliphatic rings. The van der Waals surface area contributed by atoms with E-state index < -0.39 is 0 Å². The van der Waals surface area contributed by atoms with E-state index in [1.807, 2.05) is 0 Å². The van der Waals surface area contributed by atoms with Gasteiger partial charge in [0.25, 0.3) is 0 Å². The molecule has 1 fully saturated rings. The summed E-state index contributed by atoms with van der Waals surface area (Å²) in [6.07, 6.45) is 5.34. The summed E-state index contributed by atoms with van der Waals surface area (Å²) in [6.45, 7) is 20.2. The Morgan fingerprint density at radius 1 is 1.14 bits per heavy atom. The highest BCUT2D eigenvalue weighted by Crippen LogP contribution is 2.39. The SMILES string of the molecule is CCCNC1CCC(C(C)(C)C)CC1N(CC)CC(C)C. The molecule has 0 saturated heterocycles. The van der Waals surface area contributed by atoms with Gasteiger partial charge in [-0.25, -0.2) is 0 Å². The summed E-state index contributed by atoms with van der Waals surface area (Å²) in [6, 6.07) is 1.42. The summed E-state index contributed by atoms with van der Waals surface area (Å²) < 4.78 is 0. The third-order valence-electron chi connectivity index (χ3n) is 5.17. The quantitative estimate of drug-likeness (QED) is 0.741. The van der Waals surface area contributed by atoms with Gasteiger partial charge in [0.15, 0.2) is 0 Å². The molecular weight excluding hydrogens is 256 g/mol. The van der Waals surface area contributed by atoms with Gasteiger partial charge in [-0.2, -0.15) is 0 Å². The van der Waals surface area contributed by atoms with Gasteiger partial charge in [-0.1, -0.05) is 48.5 Å². The van der Waals surface area contributed by atoms with Crippen LogP contribution in [0.3, 0.4) is 0 Å². The predicted octanol–water partition coefficient (Wildman–Crippen LogP) is 4.55. The highest BCUT2D eigenvalue weighted by molar-refractivity contribution is 4.94. The highest BCUT2D eigenvalue weighted by atomic mass is 15.2. The van der Waals surface area contributed by atoms with Gasteiger partial charge in [0.05, 0.1) is 0 Å². The van der Waals surface area contributed by atoms with Crippen molar-refractivity contribution >= 4 is 0 Å². The average Bonchev–Trinajstić information content (AvgIpc) is 2.41. The fourth-order valence-electron chi connectivity index (χ4n) is 3.87. The van der Waals surface area contributed by atoms with Crippen molar-refractivity contribution in [3.8, 4) is 0 Å². The first-order valence-electron chi connectivity index (χ1n) is 9.27. The second-order valence-electron chi connectivity index (χ2n) is 8.49. The molecule has 0 bridgehead atoms. The minimum atomic E-state index is 0.450. The molecule has 0 spiro atoms. The van der Waals surface area contributed by atoms with E-state index in [9.17, 15) is 0 Å². The fraction of sp³-hybridized carbons (Fsp3) is 1.00. The zero-order valence-corrected chi connectivity index (χ0v) is 15.7. The van der Waals surface area contributed by atoms with E-state index in [0.29, 0.717) is 11.5 Å². The minimum Gasteiger partial charge on any atom is -0.312 e. The van der Waals surface area contributed by atoms with Crippen LogP contribution in [0.25, 0.3) is 0 Å². The molecule has 1 aliphatic carbocycles. The van der Waals surface area contributed by atoms with Crippen LogP contribution in [0.5, 0.6) is 0 Å². The summed E-state index contributed by atoms with van der Waals surface area (Å²) in [5.74, 6) is 1.62. The first kappa shape index (κ1) is 19.0. The van der Waals surface area contributed by atoms with E-state index in [4.69, 9.17) is 0 Å². The Morgan fingerprint density at radius 3 is 2.29 bits per heavy atom. The monoisotopic (exact) mass is 296 g/mol. The zero-order valence-electron chi connectivity index (χ0n) is 15.7. The molecule has 0 heterocycles. The first-order valence-corrected chi connectivity index (χ1v) is 9.27. The third kappa shape index (κ3) is 5.90. The Bertz CT molecular complexity index is 280. The lowest BCUT2D eigenvalue weighted by molar-refractivity contribution is 0.0546. The molecule has 0 amide bonds. The minimum absolute atomic E-state index is 0.450. The number of nitrogens with zero attached hydrogens (tertiary/aromatic N) is 1. The smallest absolute Gasteiger partial charge is 0.0252 e. The van der Waals surface area contributed by atoms with E-state index in [-0.39, 0.29) is 0 Å². The molecule has 0 radical (unpaired) electrons. The Hall–Kier alpha value is -0.0800. The van der Waals surface area contributed by atoms with Crippen LogP contribution in [0.2, 0.25) is 0 Å². The van der Waals surface area contributed by atoms with Crippen molar-refractivity contribution in [1.82, 2.24) is 10.2 Å². The number of hydrogen-bond acceptors (Lipinski definition) is 2. The van der Waals surface area contributed by atoms with Crippen LogP contribution in [-0.4, -0.2) is 36.6 Å². The Kier molecular flexibility index (Phi) is 7.70. The summed E-state index contributed by atoms with van der Waals surface area (Å²) in [4.78, 5) is 2.75. The van der Waals surface area contributed by atoms with Crippen molar-refractivity contribution in [2.24, 2.45) is 17.3 Å². The van der Waals surface area contributed by atoms with Crippen LogP contribution >= 0.6 is 0 Å². The predicted molar refractivity (Wildman–Crippen MR) is 94.8 cm³/mol. The molecule has 126 valence electrons. The maximum absolute atomic E-state index is 3.84. The van der Waals surface area contributed by atoms with Gasteiger partial charge < -0.3 is 5.32 Å². The van der Waals surface area contributed by atoms with E-state index in [2.05, 4.69) is 58.7 Å². The topological polar surface area (TPSA) is 15.3 Å². The summed E-state index contributed by atoms with van der Waals surface area (Å²) >= 11 is 0. The third-order valence-corrected chi connectivity index (χ3v) is 5.17. The van der Waals surface area contributed by atoms with Crippen LogP contribution in [0, 0.1) is 17.3 Å². The molecule has 3 atom stereocenters. The molecule has 2 nitrogen and oxygen atoms in total. The van der Waals surface area contributed by atoms with Gasteiger partial charge in [-0.3, -0.25) is 4.90 Å². The highest BCUT2D eigenvalue weighted by Gasteiger charge is 2.37. The van der Waals surface area contributed by atoms with Gasteiger partial charge >= 0.3 is 0 Å². The van der Waals surface area contributed by atoms with E-state index >= 15 is 0 Å². The Labute approximate surface area is 134 Å². The number of nitrogens with one attached hydrogen (secondary N) is 1. The van der Waals surface area contributed by atoms with Crippen molar-refractivity contribution in [2.75, 3.05) is 19.6 Å². The zero-order chi connectivity index (χ0) is 16.0. The van der Waals surface area contributed by atoms with Gasteiger partial charge in [0.2, 0.25) is 0 Å². The van der Waals surface area contributed by atoms with Gasteiger partial charge in [-0.15, -0.1) is 0 Å². The number of hydrogen-bond donors (Lipinski definition) is 1. The normalized spacial score (nSPS) is 27.6. The van der Waals surface area contributed by atoms with Crippen molar-refractivity contribution in [1.29, 1.82) is 0 Å². The molecular formula is C19H40N2. The number of rotatable bonds is 7. The van der Waals surface area contributed by atoms with Crippen molar-refractivity contribution in [2.45, 2.75) is 86.2 Å². The lowest BCUT2D eigenvalue weighted by Crippen LogP contribution is -2.55. The standard InChI is InChI=1S/C19H40N2/c1-8-12-20-17-11-10-16(19(5,6)7)13-18(17)21(9-2)14-15(3)4/h15-18,20H,8-14H2,1-7H3. The molecule has 3 unspecified atom stereocenters. The largest absolute Gasteiger partial charge is 0.312 e. The van der Waals surface area contributed by atoms with E-state index in [0.717, 1.165) is 17.9 Å². The molecule has 2 heteroatoms. The molecule has 1 rings (SSSR count). The molecule has 0 aromatic rings. The fourth-order valence-corrected chi connectivity index (χ4v) is 3.87. The molecule has 0 aliphatic heterocycles. The van der Waals surface area contributed by atoms with Crippen molar-refractivity contribution in [3.63, 3.8) is 0 Å². The van der Waals surface area contributed by atoms with Gasteiger partial charge in [-0.05, 0) is 56.0 Å². The van der Waals surface area contributed by atoms with Crippen LogP contribution < -0.4 is 5.32 Å². The van der Waals surface area contributed by atoms with Crippen LogP contribution in [0.1, 0.15) is 74.1 Å². The first-order chi connectivity index (χ1) is 9.79. The summed E-state index contributed by atoms with van der Waals surface area (Å²) in [5, 5.41) is 3.84. The van der Waals surface area contributed by atoms with E-state index in [1.165, 1.54) is 45.3 Å². The Balaban J connectivity index is 2.80. The van der Waals surface area contributed by atoms with Gasteiger partial charge in [0.1, 0.15) is 0 Å². The Morgan fingerprint density at radius 2 is 1.81 bits per heavy atom. The molecule has 0 aromatic heterocycles. The molecule has 21 heavy (non-hydrogen) atoms. The van der Waals surface area contributed by atoms with Crippen LogP contribution in [-0.2, 0) is 0 Å². The second kappa shape index (κ2) is 8.53. The van der Waals surface area contributed by atoms with E-state index in [1.54, 1.807) is 0 Å². The molecule has 1 N–H and O–H groups in total. The lowest BCUT2D eigenvalue weighted by Gasteiger charge is -2.47. The maximum atomic E-state index is 3.84. The summed E-state index contributed by atoms with van der Waals surface area (Å²) in [5.41, 5.74) is 0.450. The van der Waals surface area contributed by atoms with Gasteiger partial charge in [0, 0.05) is 18.6 Å². The number of likely N-dealkylation sites (N-methyl/N-ethyl adjacent to an activating group) is 1. The van der Waals surface area contributed by atoms with Crippen LogP contribution in [0.4, 0.5) is 0 Å². The van der Waals surface area contributed by atoms with Crippen molar-refractivity contribution in [3.05, 3.63) is 0 Å². The molecule has 0 aromatic carbocycles.